The molecule has 2 aromatic carbocycles. The van der Waals surface area contributed by atoms with Gasteiger partial charge in [-0.2, -0.15) is 0 Å². The molecule has 0 heterocycles. The normalized spacial score (nSPS) is 17.5. The van der Waals surface area contributed by atoms with Gasteiger partial charge in [0, 0.05) is 17.5 Å². The monoisotopic (exact) mass is 442 g/mol. The molecule has 0 unspecified atom stereocenters. The standard InChI is InChI=1S/C32H39F/c1-3-5-7-9-26-11-15-28(16-12-26)19-20-30-22-24-31(32(33)25-30)23-21-29-17-13-27(14-18-29)10-8-6-4-2/h13-14,17-18,22,24-26,28H,3-7,9,11-12,15-16,19-20H2,1-2H3/t26-,28-. The highest BCUT2D eigenvalue weighted by Crippen LogP contribution is 2.34. The fraction of sp³-hybridized carbons (Fsp3) is 0.500. The lowest BCUT2D eigenvalue weighted by Crippen LogP contribution is -2.15. The van der Waals surface area contributed by atoms with E-state index in [9.17, 15) is 4.39 Å². The van der Waals surface area contributed by atoms with Gasteiger partial charge >= 0.3 is 0 Å². The molecule has 3 rings (SSSR count). The van der Waals surface area contributed by atoms with Crippen LogP contribution in [0.4, 0.5) is 4.39 Å². The van der Waals surface area contributed by atoms with Gasteiger partial charge in [-0.25, -0.2) is 4.39 Å². The van der Waals surface area contributed by atoms with Crippen molar-refractivity contribution in [3.63, 3.8) is 0 Å². The predicted octanol–water partition coefficient (Wildman–Crippen LogP) is 8.70. The molecule has 174 valence electrons. The average Bonchev–Trinajstić information content (AvgIpc) is 2.84. The lowest BCUT2D eigenvalue weighted by atomic mass is 9.78. The van der Waals surface area contributed by atoms with Crippen LogP contribution in [0.25, 0.3) is 0 Å². The van der Waals surface area contributed by atoms with Crippen molar-refractivity contribution in [3.05, 3.63) is 70.5 Å². The molecule has 1 saturated carbocycles. The van der Waals surface area contributed by atoms with Crippen molar-refractivity contribution >= 4 is 0 Å². The van der Waals surface area contributed by atoms with E-state index >= 15 is 0 Å². The van der Waals surface area contributed by atoms with Crippen LogP contribution in [0.5, 0.6) is 0 Å². The molecule has 0 amide bonds. The molecule has 0 N–H and O–H groups in total. The third-order valence-corrected chi connectivity index (χ3v) is 6.89. The van der Waals surface area contributed by atoms with Crippen LogP contribution in [0.15, 0.2) is 42.5 Å². The van der Waals surface area contributed by atoms with E-state index in [1.807, 2.05) is 30.3 Å². The minimum Gasteiger partial charge on any atom is -0.206 e. The van der Waals surface area contributed by atoms with E-state index < -0.39 is 0 Å². The van der Waals surface area contributed by atoms with Crippen molar-refractivity contribution in [2.45, 2.75) is 90.9 Å². The number of rotatable bonds is 8. The Bertz CT molecular complexity index is 969. The predicted molar refractivity (Wildman–Crippen MR) is 139 cm³/mol. The van der Waals surface area contributed by atoms with Crippen LogP contribution >= 0.6 is 0 Å². The lowest BCUT2D eigenvalue weighted by molar-refractivity contribution is 0.249. The second-order valence-corrected chi connectivity index (χ2v) is 9.61. The van der Waals surface area contributed by atoms with Gasteiger partial charge in [0.25, 0.3) is 0 Å². The summed E-state index contributed by atoms with van der Waals surface area (Å²) < 4.78 is 14.6. The molecule has 0 atom stereocenters. The molecule has 2 aromatic rings. The van der Waals surface area contributed by atoms with Crippen molar-refractivity contribution < 1.29 is 4.39 Å². The molecule has 0 bridgehead atoms. The Kier molecular flexibility index (Phi) is 10.6. The van der Waals surface area contributed by atoms with Crippen molar-refractivity contribution in [1.82, 2.24) is 0 Å². The van der Waals surface area contributed by atoms with Crippen molar-refractivity contribution in [2.75, 3.05) is 0 Å². The van der Waals surface area contributed by atoms with E-state index in [2.05, 4.69) is 43.6 Å². The molecule has 1 aliphatic carbocycles. The van der Waals surface area contributed by atoms with E-state index in [0.717, 1.165) is 47.8 Å². The number of hydrogen-bond donors (Lipinski definition) is 0. The van der Waals surface area contributed by atoms with Gasteiger partial charge in [0.05, 0.1) is 5.56 Å². The quantitative estimate of drug-likeness (QED) is 0.283. The summed E-state index contributed by atoms with van der Waals surface area (Å²) in [5, 5.41) is 0. The maximum atomic E-state index is 14.6. The van der Waals surface area contributed by atoms with Gasteiger partial charge in [0.15, 0.2) is 0 Å². The minimum atomic E-state index is -0.207. The Morgan fingerprint density at radius 2 is 1.42 bits per heavy atom. The Morgan fingerprint density at radius 1 is 0.758 bits per heavy atom. The molecular formula is C32H39F. The highest BCUT2D eigenvalue weighted by Gasteiger charge is 2.20. The first-order valence-electron chi connectivity index (χ1n) is 13.1. The van der Waals surface area contributed by atoms with Crippen molar-refractivity contribution in [3.8, 4) is 23.7 Å². The van der Waals surface area contributed by atoms with Crippen LogP contribution < -0.4 is 0 Å². The van der Waals surface area contributed by atoms with Gasteiger partial charge in [-0.05, 0) is 73.1 Å². The Hall–Kier alpha value is -2.51. The Balaban J connectivity index is 1.47. The number of halogens is 1. The van der Waals surface area contributed by atoms with Crippen LogP contribution in [0, 0.1) is 41.3 Å². The van der Waals surface area contributed by atoms with Crippen LogP contribution in [-0.2, 0) is 6.42 Å². The summed E-state index contributed by atoms with van der Waals surface area (Å²) in [5.41, 5.74) is 3.44. The number of aryl methyl sites for hydroxylation is 1. The fourth-order valence-electron chi connectivity index (χ4n) is 4.74. The van der Waals surface area contributed by atoms with Gasteiger partial charge in [0.2, 0.25) is 0 Å². The van der Waals surface area contributed by atoms with Gasteiger partial charge in [-0.15, -0.1) is 0 Å². The Labute approximate surface area is 201 Å². The molecule has 0 spiro atoms. The molecule has 1 fully saturated rings. The minimum absolute atomic E-state index is 0.207. The molecule has 0 aliphatic heterocycles. The molecule has 1 heteroatoms. The third kappa shape index (κ3) is 8.74. The smallest absolute Gasteiger partial charge is 0.139 e. The van der Waals surface area contributed by atoms with Crippen LogP contribution in [0.2, 0.25) is 0 Å². The third-order valence-electron chi connectivity index (χ3n) is 6.89. The van der Waals surface area contributed by atoms with Gasteiger partial charge < -0.3 is 0 Å². The van der Waals surface area contributed by atoms with Crippen LogP contribution in [0.1, 0.15) is 107 Å². The molecular weight excluding hydrogens is 403 g/mol. The molecule has 33 heavy (non-hydrogen) atoms. The summed E-state index contributed by atoms with van der Waals surface area (Å²) in [5.74, 6) is 13.9. The van der Waals surface area contributed by atoms with Gasteiger partial charge in [-0.3, -0.25) is 0 Å². The summed E-state index contributed by atoms with van der Waals surface area (Å²) in [4.78, 5) is 0. The molecule has 0 saturated heterocycles. The number of unbranched alkanes of at least 4 members (excludes halogenated alkanes) is 3. The highest BCUT2D eigenvalue weighted by atomic mass is 19.1. The first kappa shape index (κ1) is 25.1. The van der Waals surface area contributed by atoms with E-state index in [4.69, 9.17) is 0 Å². The molecule has 1 aliphatic rings. The van der Waals surface area contributed by atoms with Gasteiger partial charge in [-0.1, -0.05) is 95.0 Å². The number of hydrogen-bond acceptors (Lipinski definition) is 0. The van der Waals surface area contributed by atoms with Crippen LogP contribution in [0.3, 0.4) is 0 Å². The number of benzene rings is 2. The fourth-order valence-corrected chi connectivity index (χ4v) is 4.74. The largest absolute Gasteiger partial charge is 0.206 e. The van der Waals surface area contributed by atoms with E-state index in [-0.39, 0.29) is 5.82 Å². The van der Waals surface area contributed by atoms with Gasteiger partial charge in [0.1, 0.15) is 5.82 Å². The SMILES string of the molecule is CCCC#Cc1ccc(C#Cc2ccc(CC[C@H]3CC[C@H](CCCCC)CC3)cc2F)cc1. The van der Waals surface area contributed by atoms with E-state index in [1.165, 1.54) is 57.8 Å². The molecule has 0 radical (unpaired) electrons. The van der Waals surface area contributed by atoms with Crippen molar-refractivity contribution in [1.29, 1.82) is 0 Å². The first-order valence-corrected chi connectivity index (χ1v) is 13.1. The maximum Gasteiger partial charge on any atom is 0.139 e. The topological polar surface area (TPSA) is 0 Å². The second-order valence-electron chi connectivity index (χ2n) is 9.61. The summed E-state index contributed by atoms with van der Waals surface area (Å²) in [7, 11) is 0. The zero-order valence-corrected chi connectivity index (χ0v) is 20.6. The average molecular weight is 443 g/mol. The van der Waals surface area contributed by atoms with E-state index in [0.29, 0.717) is 5.56 Å². The summed E-state index contributed by atoms with van der Waals surface area (Å²) >= 11 is 0. The molecule has 0 nitrogen and oxygen atoms in total. The maximum absolute atomic E-state index is 14.6. The zero-order valence-electron chi connectivity index (χ0n) is 20.6. The van der Waals surface area contributed by atoms with Crippen LogP contribution in [-0.4, -0.2) is 0 Å². The first-order chi connectivity index (χ1) is 16.2. The lowest BCUT2D eigenvalue weighted by Gasteiger charge is -2.28. The van der Waals surface area contributed by atoms with E-state index in [1.54, 1.807) is 6.07 Å². The summed E-state index contributed by atoms with van der Waals surface area (Å²) in [6.45, 7) is 4.41. The molecule has 0 aromatic heterocycles. The van der Waals surface area contributed by atoms with Crippen molar-refractivity contribution in [2.24, 2.45) is 11.8 Å². The second kappa shape index (κ2) is 13.9. The highest BCUT2D eigenvalue weighted by molar-refractivity contribution is 5.46. The zero-order chi connectivity index (χ0) is 23.3. The summed E-state index contributed by atoms with van der Waals surface area (Å²) in [6, 6.07) is 13.4. The summed E-state index contributed by atoms with van der Waals surface area (Å²) in [6.07, 6.45) is 15.1. The Morgan fingerprint density at radius 3 is 2.06 bits per heavy atom.